The maximum absolute atomic E-state index is 11.7. The number of ether oxygens (including phenoxy) is 2. The predicted molar refractivity (Wildman–Crippen MR) is 89.0 cm³/mol. The van der Waals surface area contributed by atoms with Crippen LogP contribution in [0.15, 0.2) is 23.3 Å². The second kappa shape index (κ2) is 9.37. The van der Waals surface area contributed by atoms with Crippen LogP contribution in [-0.2, 0) is 14.3 Å². The maximum atomic E-state index is 11.7. The van der Waals surface area contributed by atoms with E-state index in [0.717, 1.165) is 0 Å². The van der Waals surface area contributed by atoms with E-state index >= 15 is 0 Å². The third-order valence-electron chi connectivity index (χ3n) is 2.88. The van der Waals surface area contributed by atoms with Crippen LogP contribution in [-0.4, -0.2) is 30.8 Å². The lowest BCUT2D eigenvalue weighted by Gasteiger charge is -2.10. The molecule has 0 spiro atoms. The molecule has 8 heteroatoms. The van der Waals surface area contributed by atoms with Crippen LogP contribution in [0.1, 0.15) is 20.8 Å². The largest absolute Gasteiger partial charge is 0.482 e. The molecule has 6 nitrogen and oxygen atoms in total. The van der Waals surface area contributed by atoms with E-state index < -0.39 is 17.8 Å². The molecule has 0 fully saturated rings. The summed E-state index contributed by atoms with van der Waals surface area (Å²) in [5, 5.41) is 4.64. The van der Waals surface area contributed by atoms with E-state index in [1.807, 2.05) is 0 Å². The van der Waals surface area contributed by atoms with Gasteiger partial charge in [0.15, 0.2) is 6.61 Å². The summed E-state index contributed by atoms with van der Waals surface area (Å²) in [4.78, 5) is 23.2. The van der Waals surface area contributed by atoms with Crippen molar-refractivity contribution in [2.75, 3.05) is 13.2 Å². The van der Waals surface area contributed by atoms with Gasteiger partial charge in [-0.15, -0.1) is 0 Å². The number of esters is 1. The van der Waals surface area contributed by atoms with Crippen molar-refractivity contribution in [2.24, 2.45) is 11.0 Å². The van der Waals surface area contributed by atoms with Crippen molar-refractivity contribution in [2.45, 2.75) is 20.8 Å². The van der Waals surface area contributed by atoms with Crippen LogP contribution in [0.25, 0.3) is 0 Å². The van der Waals surface area contributed by atoms with Crippen molar-refractivity contribution in [1.29, 1.82) is 0 Å². The molecule has 1 aromatic carbocycles. The fourth-order valence-electron chi connectivity index (χ4n) is 1.45. The summed E-state index contributed by atoms with van der Waals surface area (Å²) < 4.78 is 10.1. The first-order valence-corrected chi connectivity index (χ1v) is 7.68. The van der Waals surface area contributed by atoms with E-state index in [1.165, 1.54) is 6.07 Å². The highest BCUT2D eigenvalue weighted by molar-refractivity contribution is 6.35. The Hall–Kier alpha value is -1.79. The normalized spacial score (nSPS) is 12.5. The summed E-state index contributed by atoms with van der Waals surface area (Å²) in [6.45, 7) is 5.01. The van der Waals surface area contributed by atoms with Gasteiger partial charge in [0.25, 0.3) is 5.91 Å². The van der Waals surface area contributed by atoms with Crippen molar-refractivity contribution in [3.8, 4) is 5.75 Å². The Balaban J connectivity index is 2.50. The molecule has 1 rings (SSSR count). The van der Waals surface area contributed by atoms with Crippen LogP contribution < -0.4 is 10.2 Å². The fraction of sp³-hybridized carbons (Fsp3) is 0.400. The molecule has 1 aromatic rings. The Morgan fingerprint density at radius 2 is 2.04 bits per heavy atom. The van der Waals surface area contributed by atoms with Gasteiger partial charge in [-0.2, -0.15) is 5.10 Å². The Bertz CT molecular complexity index is 605. The van der Waals surface area contributed by atoms with Gasteiger partial charge < -0.3 is 9.47 Å². The SMILES string of the molecule is CCOC(=O)[C@@H](C)C(C)=NNC(=O)COc1ccc(Cl)cc1Cl. The minimum absolute atomic E-state index is 0.272. The van der Waals surface area contributed by atoms with Gasteiger partial charge in [-0.05, 0) is 39.0 Å². The number of hydrogen-bond acceptors (Lipinski definition) is 5. The van der Waals surface area contributed by atoms with E-state index in [1.54, 1.807) is 32.9 Å². The van der Waals surface area contributed by atoms with Gasteiger partial charge in [-0.3, -0.25) is 9.59 Å². The van der Waals surface area contributed by atoms with Crippen LogP contribution in [0.2, 0.25) is 10.0 Å². The fourth-order valence-corrected chi connectivity index (χ4v) is 1.92. The molecule has 0 bridgehead atoms. The van der Waals surface area contributed by atoms with Gasteiger partial charge in [-0.25, -0.2) is 5.43 Å². The van der Waals surface area contributed by atoms with Crippen molar-refractivity contribution in [3.63, 3.8) is 0 Å². The smallest absolute Gasteiger partial charge is 0.314 e. The standard InChI is InChI=1S/C15H18Cl2N2O4/c1-4-22-15(21)9(2)10(3)18-19-14(20)8-23-13-6-5-11(16)7-12(13)17/h5-7,9H,4,8H2,1-3H3,(H,19,20)/t9-/m0/s1. The molecule has 0 unspecified atom stereocenters. The number of carbonyl (C=O) groups is 2. The molecule has 1 N–H and O–H groups in total. The van der Waals surface area contributed by atoms with E-state index in [-0.39, 0.29) is 6.61 Å². The van der Waals surface area contributed by atoms with Gasteiger partial charge in [0.05, 0.1) is 17.5 Å². The summed E-state index contributed by atoms with van der Waals surface area (Å²) in [7, 11) is 0. The molecule has 0 saturated carbocycles. The first-order chi connectivity index (χ1) is 10.8. The summed E-state index contributed by atoms with van der Waals surface area (Å²) in [5.74, 6) is -1.08. The Morgan fingerprint density at radius 1 is 1.35 bits per heavy atom. The molecule has 1 amide bonds. The van der Waals surface area contributed by atoms with Crippen LogP contribution >= 0.6 is 23.2 Å². The topological polar surface area (TPSA) is 77.0 Å². The Morgan fingerprint density at radius 3 is 2.65 bits per heavy atom. The first kappa shape index (κ1) is 19.3. The second-order valence-electron chi connectivity index (χ2n) is 4.63. The number of amides is 1. The van der Waals surface area contributed by atoms with Crippen molar-refractivity contribution in [1.82, 2.24) is 5.43 Å². The average Bonchev–Trinajstić information content (AvgIpc) is 2.51. The molecule has 0 aliphatic carbocycles. The molecule has 1 atom stereocenters. The lowest BCUT2D eigenvalue weighted by atomic mass is 10.1. The monoisotopic (exact) mass is 360 g/mol. The maximum Gasteiger partial charge on any atom is 0.314 e. The zero-order valence-electron chi connectivity index (χ0n) is 13.1. The van der Waals surface area contributed by atoms with Gasteiger partial charge in [0.2, 0.25) is 0 Å². The summed E-state index contributed by atoms with van der Waals surface area (Å²) >= 11 is 11.7. The van der Waals surface area contributed by atoms with E-state index in [9.17, 15) is 9.59 Å². The van der Waals surface area contributed by atoms with Gasteiger partial charge in [-0.1, -0.05) is 23.2 Å². The molecule has 0 aliphatic rings. The van der Waals surface area contributed by atoms with Gasteiger partial charge >= 0.3 is 5.97 Å². The number of nitrogens with zero attached hydrogens (tertiary/aromatic N) is 1. The van der Waals surface area contributed by atoms with Crippen LogP contribution in [0.4, 0.5) is 0 Å². The third-order valence-corrected chi connectivity index (χ3v) is 3.41. The van der Waals surface area contributed by atoms with Crippen LogP contribution in [0.3, 0.4) is 0 Å². The third kappa shape index (κ3) is 6.46. The molecular weight excluding hydrogens is 343 g/mol. The molecular formula is C15H18Cl2N2O4. The highest BCUT2D eigenvalue weighted by Crippen LogP contribution is 2.27. The minimum atomic E-state index is -0.540. The quantitative estimate of drug-likeness (QED) is 0.460. The van der Waals surface area contributed by atoms with Crippen molar-refractivity contribution < 1.29 is 19.1 Å². The number of hydrazone groups is 1. The minimum Gasteiger partial charge on any atom is -0.482 e. The average molecular weight is 361 g/mol. The molecule has 0 heterocycles. The highest BCUT2D eigenvalue weighted by Gasteiger charge is 2.17. The van der Waals surface area contributed by atoms with Gasteiger partial charge in [0, 0.05) is 10.7 Å². The summed E-state index contributed by atoms with van der Waals surface area (Å²) in [6, 6.07) is 4.68. The summed E-state index contributed by atoms with van der Waals surface area (Å²) in [5.41, 5.74) is 2.74. The highest BCUT2D eigenvalue weighted by atomic mass is 35.5. The molecule has 126 valence electrons. The number of carbonyl (C=O) groups excluding carboxylic acids is 2. The number of benzene rings is 1. The molecule has 23 heavy (non-hydrogen) atoms. The summed E-state index contributed by atoms with van der Waals surface area (Å²) in [6.07, 6.45) is 0. The molecule has 0 aliphatic heterocycles. The molecule has 0 radical (unpaired) electrons. The Labute approximate surface area is 144 Å². The molecule has 0 aromatic heterocycles. The first-order valence-electron chi connectivity index (χ1n) is 6.92. The number of rotatable bonds is 7. The van der Waals surface area contributed by atoms with E-state index in [2.05, 4.69) is 10.5 Å². The van der Waals surface area contributed by atoms with Crippen molar-refractivity contribution >= 4 is 40.8 Å². The number of nitrogens with one attached hydrogen (secondary N) is 1. The number of hydrogen-bond donors (Lipinski definition) is 1. The predicted octanol–water partition coefficient (Wildman–Crippen LogP) is 3.06. The van der Waals surface area contributed by atoms with Crippen LogP contribution in [0.5, 0.6) is 5.75 Å². The number of halogens is 2. The zero-order valence-corrected chi connectivity index (χ0v) is 14.6. The lowest BCUT2D eigenvalue weighted by Crippen LogP contribution is -2.28. The van der Waals surface area contributed by atoms with Crippen LogP contribution in [0, 0.1) is 5.92 Å². The zero-order chi connectivity index (χ0) is 17.4. The van der Waals surface area contributed by atoms with Gasteiger partial charge in [0.1, 0.15) is 5.75 Å². The van der Waals surface area contributed by atoms with E-state index in [4.69, 9.17) is 32.7 Å². The molecule has 0 saturated heterocycles. The Kier molecular flexibility index (Phi) is 7.85. The second-order valence-corrected chi connectivity index (χ2v) is 5.47. The van der Waals surface area contributed by atoms with Crippen molar-refractivity contribution in [3.05, 3.63) is 28.2 Å². The lowest BCUT2D eigenvalue weighted by molar-refractivity contribution is -0.145. The van der Waals surface area contributed by atoms with E-state index in [0.29, 0.717) is 28.1 Å².